The van der Waals surface area contributed by atoms with E-state index in [9.17, 15) is 9.18 Å². The van der Waals surface area contributed by atoms with Gasteiger partial charge in [-0.05, 0) is 87.1 Å². The summed E-state index contributed by atoms with van der Waals surface area (Å²) in [5, 5.41) is 7.00. The predicted molar refractivity (Wildman–Crippen MR) is 152 cm³/mol. The number of aryl methyl sites for hydroxylation is 2. The molecule has 5 rings (SSSR count). The Balaban J connectivity index is 1.46. The van der Waals surface area contributed by atoms with Crippen molar-refractivity contribution >= 4 is 28.9 Å². The topological polar surface area (TPSA) is 62.2 Å². The number of anilines is 1. The van der Waals surface area contributed by atoms with Gasteiger partial charge in [-0.15, -0.1) is 0 Å². The Morgan fingerprint density at radius 1 is 1.05 bits per heavy atom. The van der Waals surface area contributed by atoms with Crippen LogP contribution in [0.25, 0.3) is 5.69 Å². The number of amides is 1. The van der Waals surface area contributed by atoms with Gasteiger partial charge in [-0.3, -0.25) is 9.78 Å². The first kappa shape index (κ1) is 25.6. The van der Waals surface area contributed by atoms with Crippen molar-refractivity contribution in [2.45, 2.75) is 39.3 Å². The maximum atomic E-state index is 14.1. The highest BCUT2D eigenvalue weighted by molar-refractivity contribution is 7.80. The van der Waals surface area contributed by atoms with Gasteiger partial charge in [0, 0.05) is 41.9 Å². The fourth-order valence-electron chi connectivity index (χ4n) is 5.17. The van der Waals surface area contributed by atoms with E-state index in [1.54, 1.807) is 12.3 Å². The van der Waals surface area contributed by atoms with Gasteiger partial charge < -0.3 is 20.1 Å². The van der Waals surface area contributed by atoms with Gasteiger partial charge in [0.1, 0.15) is 5.82 Å². The van der Waals surface area contributed by atoms with Crippen molar-refractivity contribution in [2.75, 3.05) is 11.9 Å². The summed E-state index contributed by atoms with van der Waals surface area (Å²) in [6.45, 7) is 6.49. The Labute approximate surface area is 227 Å². The predicted octanol–water partition coefficient (Wildman–Crippen LogP) is 5.94. The molecule has 2 aromatic heterocycles. The summed E-state index contributed by atoms with van der Waals surface area (Å²) in [5.74, 6) is -0.366. The molecule has 2 aromatic carbocycles. The maximum Gasteiger partial charge on any atom is 0.226 e. The molecule has 1 fully saturated rings. The molecule has 1 aliphatic rings. The van der Waals surface area contributed by atoms with E-state index >= 15 is 0 Å². The molecular weight excluding hydrogens is 497 g/mol. The number of benzene rings is 2. The second-order valence-corrected chi connectivity index (χ2v) is 10.0. The number of nitrogens with zero attached hydrogens (tertiary/aromatic N) is 3. The van der Waals surface area contributed by atoms with E-state index in [1.807, 2.05) is 69.3 Å². The highest BCUT2D eigenvalue weighted by Crippen LogP contribution is 2.41. The SMILES string of the molecule is Cc1ccc(NC(=O)CCN2C(=S)NC(c3ccccn3)C2c2cc(C)n(-c3cccc(F)c3)c2C)cc1. The molecule has 0 bridgehead atoms. The van der Waals surface area contributed by atoms with Crippen LogP contribution in [0.2, 0.25) is 0 Å². The van der Waals surface area contributed by atoms with Gasteiger partial charge in [-0.1, -0.05) is 29.8 Å². The van der Waals surface area contributed by atoms with Gasteiger partial charge in [-0.2, -0.15) is 0 Å². The normalized spacial score (nSPS) is 16.9. The average molecular weight is 528 g/mol. The third-order valence-corrected chi connectivity index (χ3v) is 7.32. The molecular formula is C30H30FN5OS. The third kappa shape index (κ3) is 5.17. The van der Waals surface area contributed by atoms with E-state index in [2.05, 4.69) is 31.2 Å². The number of halogens is 1. The molecule has 8 heteroatoms. The van der Waals surface area contributed by atoms with Crippen LogP contribution in [0.5, 0.6) is 0 Å². The third-order valence-electron chi connectivity index (χ3n) is 6.97. The van der Waals surface area contributed by atoms with Crippen LogP contribution in [0, 0.1) is 26.6 Å². The lowest BCUT2D eigenvalue weighted by Gasteiger charge is -2.28. The minimum Gasteiger partial charge on any atom is -0.352 e. The summed E-state index contributed by atoms with van der Waals surface area (Å²) in [6.07, 6.45) is 2.04. The number of hydrogen-bond acceptors (Lipinski definition) is 3. The summed E-state index contributed by atoms with van der Waals surface area (Å²) in [4.78, 5) is 19.5. The minimum absolute atomic E-state index is 0.0816. The number of rotatable bonds is 7. The van der Waals surface area contributed by atoms with Crippen LogP contribution in [-0.4, -0.2) is 32.0 Å². The number of thiocarbonyl (C=S) groups is 1. The van der Waals surface area contributed by atoms with Crippen LogP contribution >= 0.6 is 12.2 Å². The standard InChI is InChI=1S/C30H30FN5OS/c1-19-10-12-23(13-11-19)33-27(37)14-16-35-29(28(34-30(35)38)26-9-4-5-15-32-26)25-17-20(2)36(21(25)3)24-8-6-7-22(31)18-24/h4-13,15,17-18,28-29H,14,16H2,1-3H3,(H,33,37)(H,34,38). The smallest absolute Gasteiger partial charge is 0.226 e. The molecule has 4 aromatic rings. The molecule has 6 nitrogen and oxygen atoms in total. The van der Waals surface area contributed by atoms with Gasteiger partial charge >= 0.3 is 0 Å². The zero-order valence-electron chi connectivity index (χ0n) is 21.6. The molecule has 2 unspecified atom stereocenters. The number of carbonyl (C=O) groups excluding carboxylic acids is 1. The fraction of sp³-hybridized carbons (Fsp3) is 0.233. The molecule has 2 atom stereocenters. The van der Waals surface area contributed by atoms with Gasteiger partial charge in [0.25, 0.3) is 0 Å². The van der Waals surface area contributed by atoms with E-state index in [0.717, 1.165) is 39.6 Å². The van der Waals surface area contributed by atoms with Crippen molar-refractivity contribution in [1.82, 2.24) is 19.8 Å². The Morgan fingerprint density at radius 3 is 2.55 bits per heavy atom. The maximum absolute atomic E-state index is 14.1. The minimum atomic E-state index is -0.284. The van der Waals surface area contributed by atoms with Gasteiger partial charge in [0.2, 0.25) is 5.91 Å². The molecule has 0 spiro atoms. The van der Waals surface area contributed by atoms with E-state index in [-0.39, 0.29) is 30.2 Å². The monoisotopic (exact) mass is 527 g/mol. The summed E-state index contributed by atoms with van der Waals surface area (Å²) in [7, 11) is 0. The summed E-state index contributed by atoms with van der Waals surface area (Å²) in [5.41, 5.74) is 6.55. The van der Waals surface area contributed by atoms with Crippen LogP contribution in [0.1, 0.15) is 46.7 Å². The fourth-order valence-corrected chi connectivity index (χ4v) is 5.50. The van der Waals surface area contributed by atoms with Gasteiger partial charge in [0.15, 0.2) is 5.11 Å². The average Bonchev–Trinajstić information content (AvgIpc) is 3.39. The summed E-state index contributed by atoms with van der Waals surface area (Å²) < 4.78 is 16.1. The molecule has 2 N–H and O–H groups in total. The summed E-state index contributed by atoms with van der Waals surface area (Å²) in [6, 6.07) is 21.9. The van der Waals surface area contributed by atoms with Crippen LogP contribution in [0.3, 0.4) is 0 Å². The Kier molecular flexibility index (Phi) is 7.24. The van der Waals surface area contributed by atoms with E-state index in [0.29, 0.717) is 11.7 Å². The highest BCUT2D eigenvalue weighted by Gasteiger charge is 2.41. The second kappa shape index (κ2) is 10.8. The number of hydrogen-bond donors (Lipinski definition) is 2. The van der Waals surface area contributed by atoms with Crippen molar-refractivity contribution in [2.24, 2.45) is 0 Å². The van der Waals surface area contributed by atoms with Gasteiger partial charge in [0.05, 0.1) is 17.8 Å². The molecule has 38 heavy (non-hydrogen) atoms. The largest absolute Gasteiger partial charge is 0.352 e. The lowest BCUT2D eigenvalue weighted by Crippen LogP contribution is -2.32. The number of pyridine rings is 1. The number of carbonyl (C=O) groups is 1. The van der Waals surface area contributed by atoms with Crippen molar-refractivity contribution in [3.8, 4) is 5.69 Å². The summed E-state index contributed by atoms with van der Waals surface area (Å²) >= 11 is 5.78. The number of aromatic nitrogens is 2. The Bertz CT molecular complexity index is 1470. The van der Waals surface area contributed by atoms with Crippen LogP contribution in [0.15, 0.2) is 79.0 Å². The molecule has 0 aliphatic carbocycles. The van der Waals surface area contributed by atoms with Crippen LogP contribution in [-0.2, 0) is 4.79 Å². The lowest BCUT2D eigenvalue weighted by atomic mass is 9.96. The van der Waals surface area contributed by atoms with Crippen molar-refractivity contribution in [3.63, 3.8) is 0 Å². The molecule has 1 amide bonds. The highest BCUT2D eigenvalue weighted by atomic mass is 32.1. The van der Waals surface area contributed by atoms with Crippen molar-refractivity contribution < 1.29 is 9.18 Å². The molecule has 194 valence electrons. The molecule has 0 saturated carbocycles. The Hall–Kier alpha value is -4.04. The first-order valence-corrected chi connectivity index (χ1v) is 13.0. The number of nitrogens with one attached hydrogen (secondary N) is 2. The molecule has 3 heterocycles. The van der Waals surface area contributed by atoms with Gasteiger partial charge in [-0.25, -0.2) is 4.39 Å². The van der Waals surface area contributed by atoms with Crippen LogP contribution in [0.4, 0.5) is 10.1 Å². The first-order chi connectivity index (χ1) is 18.3. The molecule has 1 aliphatic heterocycles. The lowest BCUT2D eigenvalue weighted by molar-refractivity contribution is -0.116. The van der Waals surface area contributed by atoms with Crippen LogP contribution < -0.4 is 10.6 Å². The molecule has 0 radical (unpaired) electrons. The van der Waals surface area contributed by atoms with E-state index in [4.69, 9.17) is 12.2 Å². The first-order valence-electron chi connectivity index (χ1n) is 12.6. The van der Waals surface area contributed by atoms with Crippen molar-refractivity contribution in [1.29, 1.82) is 0 Å². The zero-order valence-corrected chi connectivity index (χ0v) is 22.4. The second-order valence-electron chi connectivity index (χ2n) is 9.63. The van der Waals surface area contributed by atoms with E-state index in [1.165, 1.54) is 12.1 Å². The van der Waals surface area contributed by atoms with Crippen molar-refractivity contribution in [3.05, 3.63) is 113 Å². The Morgan fingerprint density at radius 2 is 1.84 bits per heavy atom. The van der Waals surface area contributed by atoms with E-state index < -0.39 is 0 Å². The quantitative estimate of drug-likeness (QED) is 0.292. The molecule has 1 saturated heterocycles. The zero-order chi connectivity index (χ0) is 26.8.